The van der Waals surface area contributed by atoms with Gasteiger partial charge in [0.25, 0.3) is 5.91 Å². The van der Waals surface area contributed by atoms with Crippen molar-refractivity contribution in [1.82, 2.24) is 15.2 Å². The fourth-order valence-corrected chi connectivity index (χ4v) is 5.94. The highest BCUT2D eigenvalue weighted by Gasteiger charge is 2.27. The lowest BCUT2D eigenvalue weighted by Gasteiger charge is -2.35. The summed E-state index contributed by atoms with van der Waals surface area (Å²) >= 11 is 7.54. The van der Waals surface area contributed by atoms with Gasteiger partial charge in [-0.3, -0.25) is 14.6 Å². The van der Waals surface area contributed by atoms with Gasteiger partial charge in [0.05, 0.1) is 32.5 Å². The van der Waals surface area contributed by atoms with Crippen molar-refractivity contribution in [2.75, 3.05) is 43.4 Å². The predicted molar refractivity (Wildman–Crippen MR) is 174 cm³/mol. The second kappa shape index (κ2) is 12.7. The highest BCUT2D eigenvalue weighted by atomic mass is 35.5. The van der Waals surface area contributed by atoms with Crippen molar-refractivity contribution in [2.45, 2.75) is 27.2 Å². The number of aryl methyl sites for hydroxylation is 1. The molecule has 12 heteroatoms. The number of carbonyl (C=O) groups excluding carboxylic acids is 2. The van der Waals surface area contributed by atoms with E-state index in [1.54, 1.807) is 38.1 Å². The molecule has 3 heterocycles. The summed E-state index contributed by atoms with van der Waals surface area (Å²) in [6, 6.07) is 10.6. The van der Waals surface area contributed by atoms with Crippen molar-refractivity contribution in [3.05, 3.63) is 63.1 Å². The van der Waals surface area contributed by atoms with E-state index in [-0.39, 0.29) is 23.3 Å². The lowest BCUT2D eigenvalue weighted by Crippen LogP contribution is -2.45. The first kappa shape index (κ1) is 30.5. The minimum absolute atomic E-state index is 0.127. The van der Waals surface area contributed by atoms with Crippen LogP contribution in [0.5, 0.6) is 0 Å². The number of rotatable bonds is 7. The van der Waals surface area contributed by atoms with E-state index in [0.717, 1.165) is 24.0 Å². The Labute approximate surface area is 259 Å². The Hall–Kier alpha value is -3.93. The van der Waals surface area contributed by atoms with Gasteiger partial charge >= 0.3 is 5.97 Å². The van der Waals surface area contributed by atoms with Gasteiger partial charge < -0.3 is 25.5 Å². The highest BCUT2D eigenvalue weighted by molar-refractivity contribution is 8.18. The fourth-order valence-electron chi connectivity index (χ4n) is 4.95. The molecule has 10 nitrogen and oxygen atoms in total. The molecule has 3 N–H and O–H groups in total. The van der Waals surface area contributed by atoms with Gasteiger partial charge in [-0.15, -0.1) is 0 Å². The van der Waals surface area contributed by atoms with Crippen molar-refractivity contribution in [1.29, 1.82) is 0 Å². The van der Waals surface area contributed by atoms with Crippen LogP contribution in [-0.4, -0.2) is 71.2 Å². The van der Waals surface area contributed by atoms with Crippen molar-refractivity contribution in [3.63, 3.8) is 0 Å². The molecule has 2 fully saturated rings. The average Bonchev–Trinajstić information content (AvgIpc) is 3.31. The second-order valence-electron chi connectivity index (χ2n) is 10.8. The number of likely N-dealkylation sites (N-methyl/N-ethyl adjacent to an activating group) is 1. The minimum atomic E-state index is -0.998. The van der Waals surface area contributed by atoms with E-state index in [2.05, 4.69) is 32.5 Å². The Morgan fingerprint density at radius 3 is 2.60 bits per heavy atom. The smallest absolute Gasteiger partial charge is 0.339 e. The molecular formula is C31H33ClN6O4S. The third-order valence-corrected chi connectivity index (χ3v) is 8.56. The Morgan fingerprint density at radius 2 is 1.93 bits per heavy atom. The zero-order chi connectivity index (χ0) is 30.8. The van der Waals surface area contributed by atoms with Crippen LogP contribution in [0, 0.1) is 5.92 Å². The maximum absolute atomic E-state index is 12.9. The number of aromatic nitrogens is 1. The summed E-state index contributed by atoms with van der Waals surface area (Å²) in [4.78, 5) is 51.5. The fraction of sp³-hybridized carbons (Fsp3) is 0.323. The maximum Gasteiger partial charge on any atom is 0.339 e. The second-order valence-corrected chi connectivity index (χ2v) is 12.2. The lowest BCUT2D eigenvalue weighted by atomic mass is 10.0. The van der Waals surface area contributed by atoms with E-state index in [1.165, 1.54) is 11.8 Å². The van der Waals surface area contributed by atoms with Gasteiger partial charge in [0.2, 0.25) is 5.91 Å². The number of carboxylic acid groups (broad SMARTS) is 1. The molecule has 3 aromatic rings. The number of thioether (sulfide) groups is 1. The molecular weight excluding hydrogens is 588 g/mol. The Bertz CT molecular complexity index is 1680. The van der Waals surface area contributed by atoms with Crippen LogP contribution >= 0.6 is 23.4 Å². The maximum atomic E-state index is 12.9. The number of anilines is 2. The number of benzene rings is 2. The summed E-state index contributed by atoms with van der Waals surface area (Å²) in [7, 11) is 2.05. The van der Waals surface area contributed by atoms with Crippen LogP contribution in [0.15, 0.2) is 46.3 Å². The molecule has 224 valence electrons. The van der Waals surface area contributed by atoms with E-state index in [4.69, 9.17) is 16.6 Å². The number of aromatic carboxylic acids is 1. The molecule has 2 aliphatic rings. The number of aliphatic imine (C=N–C) groups is 1. The van der Waals surface area contributed by atoms with Crippen LogP contribution in [0.3, 0.4) is 0 Å². The van der Waals surface area contributed by atoms with Gasteiger partial charge in [-0.25, -0.2) is 9.79 Å². The quantitative estimate of drug-likeness (QED) is 0.300. The van der Waals surface area contributed by atoms with Gasteiger partial charge in [-0.2, -0.15) is 0 Å². The Morgan fingerprint density at radius 1 is 1.19 bits per heavy atom. The number of fused-ring (bicyclic) bond motifs is 1. The number of nitrogens with zero attached hydrogens (tertiary/aromatic N) is 4. The molecule has 0 atom stereocenters. The summed E-state index contributed by atoms with van der Waals surface area (Å²) in [6.45, 7) is 8.57. The summed E-state index contributed by atoms with van der Waals surface area (Å²) in [5.74, 6) is -1.62. The van der Waals surface area contributed by atoms with E-state index in [0.29, 0.717) is 62.9 Å². The standard InChI is InChI=1S/C31H33ClN6O4S/c1-5-22-26(30(41)42)27(38-12-10-37(4)11-13-38)20-14-18(6-9-23(20)34-22)15-25-29(40)36-31(43-25)35-24-16-19(7-8-21(24)32)33-28(39)17(2)3/h6-9,14-17H,5,10-13H2,1-4H3,(H,33,39)(H,41,42)(H,35,36,40). The summed E-state index contributed by atoms with van der Waals surface area (Å²) in [6.07, 6.45) is 2.25. The normalized spacial score (nSPS) is 17.7. The number of halogens is 1. The SMILES string of the molecule is CCc1nc2ccc(C=C3SC(=Nc4cc(NC(=O)C(C)C)ccc4Cl)NC3=O)cc2c(N2CCN(C)CC2)c1C(=O)O. The molecule has 0 saturated carbocycles. The number of hydrogen-bond acceptors (Lipinski definition) is 8. The Kier molecular flexibility index (Phi) is 9.05. The number of amides is 2. The molecule has 2 amide bonds. The molecule has 0 aliphatic carbocycles. The van der Waals surface area contributed by atoms with Crippen molar-refractivity contribution in [3.8, 4) is 0 Å². The van der Waals surface area contributed by atoms with Crippen LogP contribution in [0.25, 0.3) is 17.0 Å². The molecule has 0 unspecified atom stereocenters. The first-order valence-electron chi connectivity index (χ1n) is 14.1. The van der Waals surface area contributed by atoms with Crippen LogP contribution in [-0.2, 0) is 16.0 Å². The summed E-state index contributed by atoms with van der Waals surface area (Å²) in [5, 5.41) is 17.3. The number of carbonyl (C=O) groups is 3. The number of nitrogens with one attached hydrogen (secondary N) is 2. The lowest BCUT2D eigenvalue weighted by molar-refractivity contribution is -0.119. The molecule has 1 aromatic heterocycles. The monoisotopic (exact) mass is 620 g/mol. The van der Waals surface area contributed by atoms with Crippen molar-refractivity contribution in [2.24, 2.45) is 10.9 Å². The molecule has 2 aliphatic heterocycles. The van der Waals surface area contributed by atoms with Crippen LogP contribution in [0.1, 0.15) is 42.4 Å². The number of piperazine rings is 1. The largest absolute Gasteiger partial charge is 0.478 e. The highest BCUT2D eigenvalue weighted by Crippen LogP contribution is 2.36. The molecule has 0 spiro atoms. The topological polar surface area (TPSA) is 127 Å². The van der Waals surface area contributed by atoms with Gasteiger partial charge in [0, 0.05) is 43.2 Å². The van der Waals surface area contributed by atoms with E-state index >= 15 is 0 Å². The molecule has 2 saturated heterocycles. The number of pyridine rings is 1. The number of amidine groups is 1. The first-order valence-corrected chi connectivity index (χ1v) is 15.3. The minimum Gasteiger partial charge on any atom is -0.478 e. The third kappa shape index (κ3) is 6.69. The van der Waals surface area contributed by atoms with Crippen LogP contribution in [0.4, 0.5) is 17.1 Å². The van der Waals surface area contributed by atoms with Gasteiger partial charge in [0.1, 0.15) is 5.56 Å². The van der Waals surface area contributed by atoms with Crippen molar-refractivity contribution >= 4 is 80.4 Å². The average molecular weight is 621 g/mol. The van der Waals surface area contributed by atoms with Crippen LogP contribution < -0.4 is 15.5 Å². The summed E-state index contributed by atoms with van der Waals surface area (Å²) in [5.41, 5.74) is 3.87. The van der Waals surface area contributed by atoms with E-state index < -0.39 is 5.97 Å². The number of carboxylic acids is 1. The zero-order valence-electron chi connectivity index (χ0n) is 24.4. The van der Waals surface area contributed by atoms with Gasteiger partial charge in [-0.1, -0.05) is 38.4 Å². The molecule has 5 rings (SSSR count). The molecule has 0 bridgehead atoms. The first-order chi connectivity index (χ1) is 20.5. The zero-order valence-corrected chi connectivity index (χ0v) is 26.0. The van der Waals surface area contributed by atoms with Crippen molar-refractivity contribution < 1.29 is 19.5 Å². The van der Waals surface area contributed by atoms with Gasteiger partial charge in [0.15, 0.2) is 5.17 Å². The van der Waals surface area contributed by atoms with E-state index in [1.807, 2.05) is 25.1 Å². The van der Waals surface area contributed by atoms with E-state index in [9.17, 15) is 19.5 Å². The molecule has 43 heavy (non-hydrogen) atoms. The molecule has 2 aromatic carbocycles. The van der Waals surface area contributed by atoms with Gasteiger partial charge in [-0.05, 0) is 67.2 Å². The third-order valence-electron chi connectivity index (χ3n) is 7.33. The van der Waals surface area contributed by atoms with Crippen LogP contribution in [0.2, 0.25) is 5.02 Å². The Balaban J connectivity index is 1.49. The summed E-state index contributed by atoms with van der Waals surface area (Å²) < 4.78 is 0. The predicted octanol–water partition coefficient (Wildman–Crippen LogP) is 5.39. The molecule has 0 radical (unpaired) electrons. The number of hydrogen-bond donors (Lipinski definition) is 3.